The maximum atomic E-state index is 12.8. The van der Waals surface area contributed by atoms with Crippen LogP contribution in [0.5, 0.6) is 0 Å². The number of esters is 1. The normalized spacial score (nSPS) is 12.0. The molecular formula is C11H13F2NO2. The average molecular weight is 229 g/mol. The van der Waals surface area contributed by atoms with Crippen LogP contribution in [-0.4, -0.2) is 18.6 Å². The minimum atomic E-state index is -0.696. The quantitative estimate of drug-likeness (QED) is 0.805. The van der Waals surface area contributed by atoms with Crippen LogP contribution < -0.4 is 5.32 Å². The van der Waals surface area contributed by atoms with Crippen LogP contribution in [0.4, 0.5) is 14.5 Å². The van der Waals surface area contributed by atoms with Gasteiger partial charge in [0.15, 0.2) is 0 Å². The monoisotopic (exact) mass is 229 g/mol. The highest BCUT2D eigenvalue weighted by molar-refractivity contribution is 5.78. The summed E-state index contributed by atoms with van der Waals surface area (Å²) in [6.07, 6.45) is 0. The molecule has 0 aliphatic heterocycles. The van der Waals surface area contributed by atoms with Crippen molar-refractivity contribution in [2.75, 3.05) is 11.9 Å². The zero-order valence-corrected chi connectivity index (χ0v) is 9.09. The van der Waals surface area contributed by atoms with E-state index in [-0.39, 0.29) is 12.3 Å². The van der Waals surface area contributed by atoms with Crippen LogP contribution in [0.3, 0.4) is 0 Å². The summed E-state index contributed by atoms with van der Waals surface area (Å²) in [7, 11) is 0. The van der Waals surface area contributed by atoms with Gasteiger partial charge in [-0.2, -0.15) is 0 Å². The van der Waals surface area contributed by atoms with Crippen LogP contribution in [0.25, 0.3) is 0 Å². The molecule has 88 valence electrons. The standard InChI is InChI=1S/C11H13F2NO2/c1-3-16-11(15)7(2)14-10-5-8(12)4-9(13)6-10/h4-7,14H,3H2,1-2H3. The molecule has 0 aromatic heterocycles. The van der Waals surface area contributed by atoms with E-state index in [0.29, 0.717) is 0 Å². The van der Waals surface area contributed by atoms with E-state index in [1.54, 1.807) is 13.8 Å². The predicted octanol–water partition coefficient (Wildman–Crippen LogP) is 2.33. The van der Waals surface area contributed by atoms with Crippen molar-refractivity contribution in [2.24, 2.45) is 0 Å². The molecule has 1 unspecified atom stereocenters. The minimum absolute atomic E-state index is 0.207. The Balaban J connectivity index is 2.69. The summed E-state index contributed by atoms with van der Waals surface area (Å²) in [5.74, 6) is -1.86. The van der Waals surface area contributed by atoms with Crippen LogP contribution >= 0.6 is 0 Å². The number of ether oxygens (including phenoxy) is 1. The van der Waals surface area contributed by atoms with Gasteiger partial charge in [0.25, 0.3) is 0 Å². The second-order valence-electron chi connectivity index (χ2n) is 3.28. The van der Waals surface area contributed by atoms with Gasteiger partial charge < -0.3 is 10.1 Å². The molecule has 1 N–H and O–H groups in total. The maximum absolute atomic E-state index is 12.8. The van der Waals surface area contributed by atoms with Crippen molar-refractivity contribution in [2.45, 2.75) is 19.9 Å². The van der Waals surface area contributed by atoms with Gasteiger partial charge in [-0.25, -0.2) is 13.6 Å². The molecule has 0 amide bonds. The Morgan fingerprint density at radius 1 is 1.38 bits per heavy atom. The van der Waals surface area contributed by atoms with Crippen molar-refractivity contribution in [3.63, 3.8) is 0 Å². The summed E-state index contributed by atoms with van der Waals surface area (Å²) < 4.78 is 30.4. The van der Waals surface area contributed by atoms with Crippen LogP contribution in [-0.2, 0) is 9.53 Å². The third-order valence-electron chi connectivity index (χ3n) is 1.89. The summed E-state index contributed by atoms with van der Waals surface area (Å²) >= 11 is 0. The fraction of sp³-hybridized carbons (Fsp3) is 0.364. The summed E-state index contributed by atoms with van der Waals surface area (Å²) in [4.78, 5) is 11.2. The lowest BCUT2D eigenvalue weighted by Crippen LogP contribution is -2.28. The van der Waals surface area contributed by atoms with E-state index in [1.807, 2.05) is 0 Å². The van der Waals surface area contributed by atoms with Gasteiger partial charge >= 0.3 is 5.97 Å². The summed E-state index contributed by atoms with van der Waals surface area (Å²) in [6.45, 7) is 3.51. The van der Waals surface area contributed by atoms with E-state index in [4.69, 9.17) is 4.74 Å². The molecule has 3 nitrogen and oxygen atoms in total. The lowest BCUT2D eigenvalue weighted by Gasteiger charge is -2.13. The molecule has 1 aromatic carbocycles. The van der Waals surface area contributed by atoms with Crippen LogP contribution in [0.15, 0.2) is 18.2 Å². The number of anilines is 1. The predicted molar refractivity (Wildman–Crippen MR) is 56.1 cm³/mol. The second-order valence-corrected chi connectivity index (χ2v) is 3.28. The second kappa shape index (κ2) is 5.44. The van der Waals surface area contributed by atoms with Gasteiger partial charge in [-0.15, -0.1) is 0 Å². The highest BCUT2D eigenvalue weighted by atomic mass is 19.1. The molecule has 0 saturated heterocycles. The topological polar surface area (TPSA) is 38.3 Å². The third-order valence-corrected chi connectivity index (χ3v) is 1.89. The number of rotatable bonds is 4. The van der Waals surface area contributed by atoms with Crippen molar-refractivity contribution < 1.29 is 18.3 Å². The first-order valence-corrected chi connectivity index (χ1v) is 4.92. The molecule has 0 aliphatic carbocycles. The van der Waals surface area contributed by atoms with Gasteiger partial charge in [0.2, 0.25) is 0 Å². The minimum Gasteiger partial charge on any atom is -0.464 e. The number of halogens is 2. The summed E-state index contributed by atoms with van der Waals surface area (Å²) in [6, 6.07) is 2.33. The SMILES string of the molecule is CCOC(=O)C(C)Nc1cc(F)cc(F)c1. The van der Waals surface area contributed by atoms with Gasteiger partial charge in [0.1, 0.15) is 17.7 Å². The molecule has 0 radical (unpaired) electrons. The van der Waals surface area contributed by atoms with E-state index in [0.717, 1.165) is 18.2 Å². The molecule has 0 spiro atoms. The van der Waals surface area contributed by atoms with Gasteiger partial charge in [0, 0.05) is 11.8 Å². The fourth-order valence-electron chi connectivity index (χ4n) is 1.21. The van der Waals surface area contributed by atoms with Gasteiger partial charge in [-0.1, -0.05) is 0 Å². The smallest absolute Gasteiger partial charge is 0.328 e. The number of carbonyl (C=O) groups excluding carboxylic acids is 1. The number of benzene rings is 1. The molecule has 1 aromatic rings. The molecule has 0 heterocycles. The first-order chi connectivity index (χ1) is 7.52. The van der Waals surface area contributed by atoms with E-state index in [1.165, 1.54) is 0 Å². The lowest BCUT2D eigenvalue weighted by molar-refractivity contribution is -0.143. The molecular weight excluding hydrogens is 216 g/mol. The van der Waals surface area contributed by atoms with Crippen molar-refractivity contribution in [1.29, 1.82) is 0 Å². The Hall–Kier alpha value is -1.65. The van der Waals surface area contributed by atoms with E-state index in [2.05, 4.69) is 5.32 Å². The lowest BCUT2D eigenvalue weighted by atomic mass is 10.2. The highest BCUT2D eigenvalue weighted by Gasteiger charge is 2.13. The van der Waals surface area contributed by atoms with E-state index >= 15 is 0 Å². The van der Waals surface area contributed by atoms with Crippen LogP contribution in [0.1, 0.15) is 13.8 Å². The van der Waals surface area contributed by atoms with E-state index in [9.17, 15) is 13.6 Å². The third kappa shape index (κ3) is 3.49. The summed E-state index contributed by atoms with van der Waals surface area (Å²) in [5.41, 5.74) is 0.207. The molecule has 0 fully saturated rings. The Morgan fingerprint density at radius 3 is 2.44 bits per heavy atom. The van der Waals surface area contributed by atoms with Gasteiger partial charge in [-0.05, 0) is 26.0 Å². The number of nitrogens with one attached hydrogen (secondary N) is 1. The number of hydrogen-bond donors (Lipinski definition) is 1. The Labute approximate surface area is 92.4 Å². The Kier molecular flexibility index (Phi) is 4.22. The first kappa shape index (κ1) is 12.4. The molecule has 0 aliphatic rings. The zero-order valence-electron chi connectivity index (χ0n) is 9.09. The molecule has 16 heavy (non-hydrogen) atoms. The van der Waals surface area contributed by atoms with Gasteiger partial charge in [0.05, 0.1) is 6.61 Å². The highest BCUT2D eigenvalue weighted by Crippen LogP contribution is 2.14. The average Bonchev–Trinajstić information content (AvgIpc) is 2.16. The molecule has 0 bridgehead atoms. The van der Waals surface area contributed by atoms with Crippen LogP contribution in [0.2, 0.25) is 0 Å². The largest absolute Gasteiger partial charge is 0.464 e. The summed E-state index contributed by atoms with van der Waals surface area (Å²) in [5, 5.41) is 2.65. The Bertz CT molecular complexity index is 362. The molecule has 5 heteroatoms. The van der Waals surface area contributed by atoms with Crippen molar-refractivity contribution in [1.82, 2.24) is 0 Å². The Morgan fingerprint density at radius 2 is 1.94 bits per heavy atom. The molecule has 1 atom stereocenters. The van der Waals surface area contributed by atoms with Crippen LogP contribution in [0, 0.1) is 11.6 Å². The molecule has 1 rings (SSSR count). The first-order valence-electron chi connectivity index (χ1n) is 4.92. The maximum Gasteiger partial charge on any atom is 0.328 e. The number of hydrogen-bond acceptors (Lipinski definition) is 3. The van der Waals surface area contributed by atoms with Gasteiger partial charge in [-0.3, -0.25) is 0 Å². The number of carbonyl (C=O) groups is 1. The van der Waals surface area contributed by atoms with Crippen molar-refractivity contribution in [3.05, 3.63) is 29.8 Å². The fourth-order valence-corrected chi connectivity index (χ4v) is 1.21. The van der Waals surface area contributed by atoms with Crippen molar-refractivity contribution >= 4 is 11.7 Å². The van der Waals surface area contributed by atoms with E-state index < -0.39 is 23.6 Å². The van der Waals surface area contributed by atoms with Crippen molar-refractivity contribution in [3.8, 4) is 0 Å². The zero-order chi connectivity index (χ0) is 12.1. The molecule has 0 saturated carbocycles.